The first-order valence-electron chi connectivity index (χ1n) is 8.74. The fraction of sp³-hybridized carbons (Fsp3) is 0.190. The van der Waals surface area contributed by atoms with Crippen molar-refractivity contribution in [1.29, 1.82) is 0 Å². The minimum absolute atomic E-state index is 0.218. The van der Waals surface area contributed by atoms with Gasteiger partial charge in [-0.3, -0.25) is 9.78 Å². The van der Waals surface area contributed by atoms with E-state index in [9.17, 15) is 9.18 Å². The Hall–Kier alpha value is -3.28. The lowest BCUT2D eigenvalue weighted by Gasteiger charge is -2.07. The standard InChI is InChI=1S/C21H20FN3O2/c1-2-27-17-9-7-16(8-10-17)19-13-23-14-20(25-19)21(26)24-12-11-15-5-3-4-6-18(15)22/h3-10,13-14H,2,11-12H2,1H3,(H,24,26). The zero-order valence-electron chi connectivity index (χ0n) is 15.0. The molecule has 0 aliphatic rings. The zero-order chi connectivity index (χ0) is 19.1. The molecular formula is C21H20FN3O2. The fourth-order valence-electron chi connectivity index (χ4n) is 2.61. The first-order chi connectivity index (χ1) is 13.2. The highest BCUT2D eigenvalue weighted by atomic mass is 19.1. The molecule has 0 saturated heterocycles. The van der Waals surface area contributed by atoms with E-state index in [0.717, 1.165) is 11.3 Å². The lowest BCUT2D eigenvalue weighted by Crippen LogP contribution is -2.27. The van der Waals surface area contributed by atoms with Crippen LogP contribution >= 0.6 is 0 Å². The summed E-state index contributed by atoms with van der Waals surface area (Å²) in [4.78, 5) is 20.8. The summed E-state index contributed by atoms with van der Waals surface area (Å²) in [6.07, 6.45) is 3.42. The molecular weight excluding hydrogens is 345 g/mol. The molecule has 1 heterocycles. The van der Waals surface area contributed by atoms with Gasteiger partial charge in [-0.1, -0.05) is 18.2 Å². The van der Waals surface area contributed by atoms with Crippen molar-refractivity contribution in [2.45, 2.75) is 13.3 Å². The predicted octanol–water partition coefficient (Wildman–Crippen LogP) is 3.65. The summed E-state index contributed by atoms with van der Waals surface area (Å²) in [6, 6.07) is 14.0. The normalized spacial score (nSPS) is 10.4. The van der Waals surface area contributed by atoms with E-state index in [0.29, 0.717) is 30.8 Å². The van der Waals surface area contributed by atoms with E-state index >= 15 is 0 Å². The van der Waals surface area contributed by atoms with Crippen LogP contribution < -0.4 is 10.1 Å². The summed E-state index contributed by atoms with van der Waals surface area (Å²) in [5.74, 6) is 0.159. The zero-order valence-corrected chi connectivity index (χ0v) is 15.0. The average molecular weight is 365 g/mol. The number of ether oxygens (including phenoxy) is 1. The van der Waals surface area contributed by atoms with Crippen molar-refractivity contribution in [2.24, 2.45) is 0 Å². The number of hydrogen-bond donors (Lipinski definition) is 1. The van der Waals surface area contributed by atoms with E-state index in [1.807, 2.05) is 31.2 Å². The number of rotatable bonds is 7. The second-order valence-electron chi connectivity index (χ2n) is 5.84. The van der Waals surface area contributed by atoms with Crippen molar-refractivity contribution in [3.05, 3.63) is 78.0 Å². The van der Waals surface area contributed by atoms with Crippen LogP contribution in [-0.4, -0.2) is 29.0 Å². The van der Waals surface area contributed by atoms with Crippen LogP contribution in [0.5, 0.6) is 5.75 Å². The van der Waals surface area contributed by atoms with Crippen LogP contribution in [0.15, 0.2) is 60.9 Å². The lowest BCUT2D eigenvalue weighted by molar-refractivity contribution is 0.0948. The highest BCUT2D eigenvalue weighted by Gasteiger charge is 2.10. The van der Waals surface area contributed by atoms with Crippen LogP contribution in [0.3, 0.4) is 0 Å². The molecule has 138 valence electrons. The quantitative estimate of drug-likeness (QED) is 0.694. The van der Waals surface area contributed by atoms with Crippen molar-refractivity contribution in [1.82, 2.24) is 15.3 Å². The molecule has 1 amide bonds. The molecule has 0 spiro atoms. The molecule has 5 nitrogen and oxygen atoms in total. The number of hydrogen-bond acceptors (Lipinski definition) is 4. The average Bonchev–Trinajstić information content (AvgIpc) is 2.70. The van der Waals surface area contributed by atoms with Crippen LogP contribution in [0.2, 0.25) is 0 Å². The molecule has 3 rings (SSSR count). The van der Waals surface area contributed by atoms with E-state index in [1.54, 1.807) is 24.4 Å². The molecule has 0 atom stereocenters. The third-order valence-corrected chi connectivity index (χ3v) is 3.97. The monoisotopic (exact) mass is 365 g/mol. The Morgan fingerprint density at radius 2 is 1.89 bits per heavy atom. The van der Waals surface area contributed by atoms with Crippen molar-refractivity contribution in [2.75, 3.05) is 13.2 Å². The smallest absolute Gasteiger partial charge is 0.271 e. The lowest BCUT2D eigenvalue weighted by atomic mass is 10.1. The molecule has 0 saturated carbocycles. The van der Waals surface area contributed by atoms with Crippen molar-refractivity contribution in [3.8, 4) is 17.0 Å². The first-order valence-corrected chi connectivity index (χ1v) is 8.74. The predicted molar refractivity (Wildman–Crippen MR) is 101 cm³/mol. The third kappa shape index (κ3) is 4.88. The largest absolute Gasteiger partial charge is 0.494 e. The summed E-state index contributed by atoms with van der Waals surface area (Å²) < 4.78 is 19.0. The van der Waals surface area contributed by atoms with E-state index in [-0.39, 0.29) is 17.4 Å². The van der Waals surface area contributed by atoms with Gasteiger partial charge in [0.25, 0.3) is 5.91 Å². The van der Waals surface area contributed by atoms with Crippen molar-refractivity contribution < 1.29 is 13.9 Å². The van der Waals surface area contributed by atoms with Gasteiger partial charge in [0.15, 0.2) is 0 Å². The first kappa shape index (κ1) is 18.5. The number of amides is 1. The summed E-state index contributed by atoms with van der Waals surface area (Å²) in [6.45, 7) is 2.84. The number of benzene rings is 2. The van der Waals surface area contributed by atoms with E-state index in [4.69, 9.17) is 4.74 Å². The van der Waals surface area contributed by atoms with E-state index in [2.05, 4.69) is 15.3 Å². The molecule has 0 unspecified atom stereocenters. The summed E-state index contributed by atoms with van der Waals surface area (Å²) in [7, 11) is 0. The molecule has 0 fully saturated rings. The molecule has 3 aromatic rings. The minimum atomic E-state index is -0.341. The molecule has 6 heteroatoms. The van der Waals surface area contributed by atoms with Crippen LogP contribution in [0.1, 0.15) is 23.0 Å². The number of halogens is 1. The van der Waals surface area contributed by atoms with Crippen molar-refractivity contribution in [3.63, 3.8) is 0 Å². The Kier molecular flexibility index (Phi) is 6.10. The minimum Gasteiger partial charge on any atom is -0.494 e. The molecule has 0 bridgehead atoms. The van der Waals surface area contributed by atoms with Gasteiger partial charge in [-0.05, 0) is 49.2 Å². The number of aromatic nitrogens is 2. The maximum Gasteiger partial charge on any atom is 0.271 e. The van der Waals surface area contributed by atoms with Gasteiger partial charge in [0.05, 0.1) is 24.7 Å². The molecule has 1 aromatic heterocycles. The van der Waals surface area contributed by atoms with Gasteiger partial charge in [0.2, 0.25) is 0 Å². The van der Waals surface area contributed by atoms with E-state index in [1.165, 1.54) is 12.3 Å². The molecule has 0 radical (unpaired) electrons. The maximum absolute atomic E-state index is 13.6. The molecule has 27 heavy (non-hydrogen) atoms. The number of nitrogens with zero attached hydrogens (tertiary/aromatic N) is 2. The van der Waals surface area contributed by atoms with Crippen LogP contribution in [-0.2, 0) is 6.42 Å². The van der Waals surface area contributed by atoms with Gasteiger partial charge in [0, 0.05) is 12.1 Å². The van der Waals surface area contributed by atoms with Crippen molar-refractivity contribution >= 4 is 5.91 Å². The highest BCUT2D eigenvalue weighted by Crippen LogP contribution is 2.20. The van der Waals surface area contributed by atoms with Crippen LogP contribution in [0.25, 0.3) is 11.3 Å². The molecule has 1 N–H and O–H groups in total. The van der Waals surface area contributed by atoms with Crippen LogP contribution in [0, 0.1) is 5.82 Å². The Labute approximate surface area is 157 Å². The fourth-order valence-corrected chi connectivity index (χ4v) is 2.61. The Balaban J connectivity index is 1.64. The van der Waals surface area contributed by atoms with Gasteiger partial charge in [-0.25, -0.2) is 9.37 Å². The number of carbonyl (C=O) groups is 1. The van der Waals surface area contributed by atoms with Gasteiger partial charge in [-0.2, -0.15) is 0 Å². The Bertz CT molecular complexity index is 913. The summed E-state index contributed by atoms with van der Waals surface area (Å²) >= 11 is 0. The van der Waals surface area contributed by atoms with E-state index < -0.39 is 0 Å². The number of carbonyl (C=O) groups excluding carboxylic acids is 1. The van der Waals surface area contributed by atoms with Gasteiger partial charge < -0.3 is 10.1 Å². The second-order valence-corrected chi connectivity index (χ2v) is 5.84. The topological polar surface area (TPSA) is 64.1 Å². The number of nitrogens with one attached hydrogen (secondary N) is 1. The summed E-state index contributed by atoms with van der Waals surface area (Å²) in [5.41, 5.74) is 2.22. The molecule has 0 aliphatic carbocycles. The van der Waals surface area contributed by atoms with Gasteiger partial charge in [0.1, 0.15) is 17.3 Å². The second kappa shape index (κ2) is 8.89. The Morgan fingerprint density at radius 3 is 2.63 bits per heavy atom. The maximum atomic E-state index is 13.6. The highest BCUT2D eigenvalue weighted by molar-refractivity contribution is 5.92. The van der Waals surface area contributed by atoms with Gasteiger partial charge >= 0.3 is 0 Å². The summed E-state index contributed by atoms with van der Waals surface area (Å²) in [5, 5.41) is 2.75. The van der Waals surface area contributed by atoms with Gasteiger partial charge in [-0.15, -0.1) is 0 Å². The molecule has 0 aliphatic heterocycles. The molecule has 2 aromatic carbocycles. The Morgan fingerprint density at radius 1 is 1.11 bits per heavy atom. The SMILES string of the molecule is CCOc1ccc(-c2cncc(C(=O)NCCc3ccccc3F)n2)cc1. The third-order valence-electron chi connectivity index (χ3n) is 3.97. The van der Waals surface area contributed by atoms with Crippen LogP contribution in [0.4, 0.5) is 4.39 Å².